The summed E-state index contributed by atoms with van der Waals surface area (Å²) in [6, 6.07) is 7.51. The first-order valence-corrected chi connectivity index (χ1v) is 4.31. The van der Waals surface area contributed by atoms with Gasteiger partial charge in [-0.25, -0.2) is 0 Å². The fraction of sp³-hybridized carbons (Fsp3) is 0.400. The number of hydrogen-bond donors (Lipinski definition) is 2. The molecule has 0 atom stereocenters. The van der Waals surface area contributed by atoms with E-state index in [1.807, 2.05) is 24.3 Å². The summed E-state index contributed by atoms with van der Waals surface area (Å²) < 4.78 is 5.28. The molecule has 1 aromatic carbocycles. The summed E-state index contributed by atoms with van der Waals surface area (Å²) in [6.07, 6.45) is 0.585. The van der Waals surface area contributed by atoms with E-state index in [1.54, 1.807) is 0 Å². The van der Waals surface area contributed by atoms with E-state index in [-0.39, 0.29) is 13.2 Å². The second-order valence-electron chi connectivity index (χ2n) is 2.65. The fourth-order valence-corrected chi connectivity index (χ4v) is 1.13. The fourth-order valence-electron chi connectivity index (χ4n) is 1.13. The van der Waals surface area contributed by atoms with Gasteiger partial charge in [0.2, 0.25) is 0 Å². The molecule has 0 saturated carbocycles. The van der Waals surface area contributed by atoms with Gasteiger partial charge in [-0.15, -0.1) is 0 Å². The molecule has 0 aliphatic carbocycles. The Kier molecular flexibility index (Phi) is 4.29. The summed E-state index contributed by atoms with van der Waals surface area (Å²) in [6.45, 7) is 0.412. The van der Waals surface area contributed by atoms with Crippen molar-refractivity contribution in [1.82, 2.24) is 0 Å². The average Bonchev–Trinajstić information content (AvgIpc) is 2.17. The standard InChI is InChI=1S/C10H14O3/c11-6-5-9-3-1-2-4-10(9)13-8-7-12/h1-4,11-12H,5-8H2. The third-order valence-corrected chi connectivity index (χ3v) is 1.70. The van der Waals surface area contributed by atoms with Crippen LogP contribution in [-0.4, -0.2) is 30.0 Å². The van der Waals surface area contributed by atoms with Gasteiger partial charge in [-0.3, -0.25) is 0 Å². The van der Waals surface area contributed by atoms with Crippen molar-refractivity contribution in [2.45, 2.75) is 6.42 Å². The Bertz CT molecular complexity index is 248. The van der Waals surface area contributed by atoms with Gasteiger partial charge in [0, 0.05) is 6.61 Å². The molecule has 0 radical (unpaired) electrons. The quantitative estimate of drug-likeness (QED) is 0.700. The number of aliphatic hydroxyl groups is 2. The van der Waals surface area contributed by atoms with Crippen LogP contribution in [0.2, 0.25) is 0 Å². The Hall–Kier alpha value is -1.06. The zero-order valence-electron chi connectivity index (χ0n) is 7.44. The maximum atomic E-state index is 8.76. The smallest absolute Gasteiger partial charge is 0.122 e. The van der Waals surface area contributed by atoms with Gasteiger partial charge in [-0.05, 0) is 18.1 Å². The molecule has 13 heavy (non-hydrogen) atoms. The van der Waals surface area contributed by atoms with Gasteiger partial charge in [0.25, 0.3) is 0 Å². The van der Waals surface area contributed by atoms with Gasteiger partial charge < -0.3 is 14.9 Å². The van der Waals surface area contributed by atoms with Gasteiger partial charge in [0.1, 0.15) is 12.4 Å². The molecule has 72 valence electrons. The van der Waals surface area contributed by atoms with E-state index in [2.05, 4.69) is 0 Å². The molecule has 0 bridgehead atoms. The number of rotatable bonds is 5. The van der Waals surface area contributed by atoms with Crippen LogP contribution in [0.4, 0.5) is 0 Å². The zero-order valence-corrected chi connectivity index (χ0v) is 7.44. The summed E-state index contributed by atoms with van der Waals surface area (Å²) >= 11 is 0. The first kappa shape index (κ1) is 10.0. The number of para-hydroxylation sites is 1. The lowest BCUT2D eigenvalue weighted by molar-refractivity contribution is 0.199. The Morgan fingerprint density at radius 2 is 1.85 bits per heavy atom. The van der Waals surface area contributed by atoms with E-state index in [9.17, 15) is 0 Å². The molecular formula is C10H14O3. The van der Waals surface area contributed by atoms with Crippen LogP contribution < -0.4 is 4.74 Å². The molecule has 0 spiro atoms. The van der Waals surface area contributed by atoms with Gasteiger partial charge in [0.05, 0.1) is 6.61 Å². The number of ether oxygens (including phenoxy) is 1. The van der Waals surface area contributed by atoms with Crippen LogP contribution in [0, 0.1) is 0 Å². The van der Waals surface area contributed by atoms with Crippen molar-refractivity contribution in [2.75, 3.05) is 19.8 Å². The van der Waals surface area contributed by atoms with E-state index < -0.39 is 0 Å². The number of aliphatic hydroxyl groups excluding tert-OH is 2. The molecular weight excluding hydrogens is 168 g/mol. The van der Waals surface area contributed by atoms with E-state index >= 15 is 0 Å². The SMILES string of the molecule is OCCOc1ccccc1CCO. The van der Waals surface area contributed by atoms with E-state index in [0.29, 0.717) is 13.0 Å². The van der Waals surface area contributed by atoms with Crippen molar-refractivity contribution in [1.29, 1.82) is 0 Å². The first-order valence-electron chi connectivity index (χ1n) is 4.31. The predicted molar refractivity (Wildman–Crippen MR) is 49.8 cm³/mol. The second-order valence-corrected chi connectivity index (χ2v) is 2.65. The van der Waals surface area contributed by atoms with Crippen LogP contribution in [0.15, 0.2) is 24.3 Å². The molecule has 1 rings (SSSR count). The van der Waals surface area contributed by atoms with Crippen LogP contribution in [0.1, 0.15) is 5.56 Å². The van der Waals surface area contributed by atoms with Gasteiger partial charge in [0.15, 0.2) is 0 Å². The minimum absolute atomic E-state index is 0.00740. The van der Waals surface area contributed by atoms with Crippen LogP contribution in [0.5, 0.6) is 5.75 Å². The van der Waals surface area contributed by atoms with Crippen molar-refractivity contribution in [3.8, 4) is 5.75 Å². The minimum Gasteiger partial charge on any atom is -0.491 e. The molecule has 3 nitrogen and oxygen atoms in total. The van der Waals surface area contributed by atoms with Crippen molar-refractivity contribution in [2.24, 2.45) is 0 Å². The van der Waals surface area contributed by atoms with Crippen LogP contribution in [0.3, 0.4) is 0 Å². The maximum Gasteiger partial charge on any atom is 0.122 e. The van der Waals surface area contributed by atoms with E-state index in [1.165, 1.54) is 0 Å². The Morgan fingerprint density at radius 1 is 1.08 bits per heavy atom. The molecule has 1 aromatic rings. The summed E-state index contributed by atoms with van der Waals surface area (Å²) in [5, 5.41) is 17.3. The molecule has 0 aliphatic rings. The Balaban J connectivity index is 2.66. The molecule has 2 N–H and O–H groups in total. The maximum absolute atomic E-state index is 8.76. The molecule has 0 aliphatic heterocycles. The predicted octanol–water partition coefficient (Wildman–Crippen LogP) is 0.592. The van der Waals surface area contributed by atoms with Gasteiger partial charge in [-0.1, -0.05) is 18.2 Å². The van der Waals surface area contributed by atoms with Crippen molar-refractivity contribution >= 4 is 0 Å². The Morgan fingerprint density at radius 3 is 2.54 bits per heavy atom. The average molecular weight is 182 g/mol. The highest BCUT2D eigenvalue weighted by Gasteiger charge is 2.00. The molecule has 0 unspecified atom stereocenters. The summed E-state index contributed by atoms with van der Waals surface area (Å²) in [5.41, 5.74) is 0.971. The van der Waals surface area contributed by atoms with E-state index in [4.69, 9.17) is 14.9 Å². The van der Waals surface area contributed by atoms with E-state index in [0.717, 1.165) is 11.3 Å². The molecule has 0 saturated heterocycles. The third-order valence-electron chi connectivity index (χ3n) is 1.70. The normalized spacial score (nSPS) is 10.0. The lowest BCUT2D eigenvalue weighted by Crippen LogP contribution is -2.04. The van der Waals surface area contributed by atoms with Crippen molar-refractivity contribution in [3.05, 3.63) is 29.8 Å². The van der Waals surface area contributed by atoms with Crippen LogP contribution in [0.25, 0.3) is 0 Å². The first-order chi connectivity index (χ1) is 6.38. The van der Waals surface area contributed by atoms with Crippen molar-refractivity contribution < 1.29 is 14.9 Å². The van der Waals surface area contributed by atoms with Crippen LogP contribution in [-0.2, 0) is 6.42 Å². The zero-order chi connectivity index (χ0) is 9.52. The van der Waals surface area contributed by atoms with Gasteiger partial charge in [-0.2, -0.15) is 0 Å². The largest absolute Gasteiger partial charge is 0.491 e. The Labute approximate surface area is 77.6 Å². The van der Waals surface area contributed by atoms with Gasteiger partial charge >= 0.3 is 0 Å². The minimum atomic E-state index is 0.00740. The molecule has 0 fully saturated rings. The second kappa shape index (κ2) is 5.56. The highest BCUT2D eigenvalue weighted by atomic mass is 16.5. The lowest BCUT2D eigenvalue weighted by Gasteiger charge is -2.08. The van der Waals surface area contributed by atoms with Crippen LogP contribution >= 0.6 is 0 Å². The monoisotopic (exact) mass is 182 g/mol. The number of hydrogen-bond acceptors (Lipinski definition) is 3. The molecule has 0 heterocycles. The summed E-state index contributed by atoms with van der Waals surface area (Å²) in [7, 11) is 0. The number of benzene rings is 1. The topological polar surface area (TPSA) is 49.7 Å². The summed E-state index contributed by atoms with van der Waals surface area (Å²) in [4.78, 5) is 0. The lowest BCUT2D eigenvalue weighted by atomic mass is 10.1. The van der Waals surface area contributed by atoms with Crippen molar-refractivity contribution in [3.63, 3.8) is 0 Å². The molecule has 0 amide bonds. The third kappa shape index (κ3) is 3.05. The highest BCUT2D eigenvalue weighted by Crippen LogP contribution is 2.17. The summed E-state index contributed by atoms with van der Waals surface area (Å²) in [5.74, 6) is 0.741. The molecule has 0 aromatic heterocycles. The molecule has 3 heteroatoms. The highest BCUT2D eigenvalue weighted by molar-refractivity contribution is 5.33.